The van der Waals surface area contributed by atoms with Gasteiger partial charge in [0, 0.05) is 0 Å². The first kappa shape index (κ1) is 24.0. The van der Waals surface area contributed by atoms with Crippen molar-refractivity contribution in [3.8, 4) is 5.75 Å². The summed E-state index contributed by atoms with van der Waals surface area (Å²) >= 11 is 0. The van der Waals surface area contributed by atoms with Crippen LogP contribution in [0.25, 0.3) is 0 Å². The molecule has 2 aliphatic carbocycles. The van der Waals surface area contributed by atoms with Crippen molar-refractivity contribution >= 4 is 0 Å². The summed E-state index contributed by atoms with van der Waals surface area (Å²) in [5.74, 6) is 1.64. The molecule has 1 aromatic carbocycles. The molecule has 0 spiro atoms. The highest BCUT2D eigenvalue weighted by atomic mass is 19.2. The number of hydrogen-bond acceptors (Lipinski definition) is 2. The number of hydrogen-bond donors (Lipinski definition) is 0. The highest BCUT2D eigenvalue weighted by Crippen LogP contribution is 2.44. The zero-order valence-corrected chi connectivity index (χ0v) is 20.1. The van der Waals surface area contributed by atoms with Gasteiger partial charge in [0.1, 0.15) is 0 Å². The van der Waals surface area contributed by atoms with E-state index < -0.39 is 11.6 Å². The molecule has 1 heterocycles. The molecule has 180 valence electrons. The topological polar surface area (TPSA) is 18.5 Å². The molecule has 2 atom stereocenters. The molecule has 4 heteroatoms. The second-order valence-electron chi connectivity index (χ2n) is 10.6. The number of ether oxygens (including phenoxy) is 2. The van der Waals surface area contributed by atoms with Crippen molar-refractivity contribution in [3.05, 3.63) is 29.3 Å². The zero-order chi connectivity index (χ0) is 22.5. The minimum Gasteiger partial charge on any atom is -0.491 e. The first-order valence-corrected chi connectivity index (χ1v) is 13.3. The molecular formula is C28H42F2O2. The average molecular weight is 449 g/mol. The van der Waals surface area contributed by atoms with Gasteiger partial charge in [0.2, 0.25) is 5.82 Å². The van der Waals surface area contributed by atoms with E-state index in [1.165, 1.54) is 51.4 Å². The smallest absolute Gasteiger partial charge is 0.200 e. The molecule has 2 saturated carbocycles. The lowest BCUT2D eigenvalue weighted by Crippen LogP contribution is -2.37. The van der Waals surface area contributed by atoms with Gasteiger partial charge < -0.3 is 9.47 Å². The maximum Gasteiger partial charge on any atom is 0.200 e. The summed E-state index contributed by atoms with van der Waals surface area (Å²) in [5, 5.41) is 0. The lowest BCUT2D eigenvalue weighted by atomic mass is 9.71. The molecule has 0 radical (unpaired) electrons. The molecule has 1 aromatic rings. The molecule has 4 rings (SSSR count). The molecule has 1 aliphatic heterocycles. The van der Waals surface area contributed by atoms with E-state index in [4.69, 9.17) is 9.47 Å². The van der Waals surface area contributed by atoms with E-state index in [0.29, 0.717) is 30.1 Å². The Morgan fingerprint density at radius 2 is 1.50 bits per heavy atom. The van der Waals surface area contributed by atoms with E-state index in [1.807, 2.05) is 0 Å². The quantitative estimate of drug-likeness (QED) is 0.420. The average Bonchev–Trinajstić information content (AvgIpc) is 2.83. The van der Waals surface area contributed by atoms with Gasteiger partial charge in [0.05, 0.1) is 19.3 Å². The van der Waals surface area contributed by atoms with Crippen LogP contribution in [0.5, 0.6) is 5.75 Å². The monoisotopic (exact) mass is 448 g/mol. The molecule has 0 bridgehead atoms. The summed E-state index contributed by atoms with van der Waals surface area (Å²) < 4.78 is 40.6. The van der Waals surface area contributed by atoms with Gasteiger partial charge >= 0.3 is 0 Å². The second-order valence-corrected chi connectivity index (χ2v) is 10.6. The molecule has 0 unspecified atom stereocenters. The van der Waals surface area contributed by atoms with Gasteiger partial charge in [0.15, 0.2) is 11.6 Å². The fourth-order valence-electron chi connectivity index (χ4n) is 6.82. The van der Waals surface area contributed by atoms with Gasteiger partial charge in [-0.1, -0.05) is 38.7 Å². The van der Waals surface area contributed by atoms with Gasteiger partial charge in [0.25, 0.3) is 0 Å². The molecule has 0 N–H and O–H groups in total. The highest BCUT2D eigenvalue weighted by Gasteiger charge is 2.36. The summed E-state index contributed by atoms with van der Waals surface area (Å²) in [4.78, 5) is 0. The molecule has 2 nitrogen and oxygen atoms in total. The minimum atomic E-state index is -0.832. The lowest BCUT2D eigenvalue weighted by Gasteiger charge is -2.41. The van der Waals surface area contributed by atoms with E-state index in [-0.39, 0.29) is 11.7 Å². The Morgan fingerprint density at radius 3 is 2.12 bits per heavy atom. The fourth-order valence-corrected chi connectivity index (χ4v) is 6.82. The van der Waals surface area contributed by atoms with Gasteiger partial charge in [-0.05, 0) is 99.5 Å². The summed E-state index contributed by atoms with van der Waals surface area (Å²) in [6, 6.07) is 3.33. The van der Waals surface area contributed by atoms with Crippen LogP contribution in [-0.4, -0.2) is 19.3 Å². The maximum absolute atomic E-state index is 14.6. The zero-order valence-electron chi connectivity index (χ0n) is 20.1. The van der Waals surface area contributed by atoms with Crippen molar-refractivity contribution in [2.24, 2.45) is 23.7 Å². The van der Waals surface area contributed by atoms with Crippen molar-refractivity contribution in [1.82, 2.24) is 0 Å². The van der Waals surface area contributed by atoms with Crippen LogP contribution in [0.2, 0.25) is 0 Å². The Hall–Kier alpha value is -1.16. The SMILES string of the molecule is CCCC1CCC([C@H]2CC[C@H](C3CCC(c4ccc(OCC)c(F)c4F)CC3)CO2)CC1. The Labute approximate surface area is 193 Å². The van der Waals surface area contributed by atoms with Crippen LogP contribution in [0, 0.1) is 35.3 Å². The van der Waals surface area contributed by atoms with Crippen LogP contribution in [0.3, 0.4) is 0 Å². The summed E-state index contributed by atoms with van der Waals surface area (Å²) in [6.07, 6.45) is 15.3. The Balaban J connectivity index is 1.23. The van der Waals surface area contributed by atoms with Crippen LogP contribution in [0.4, 0.5) is 8.78 Å². The first-order valence-electron chi connectivity index (χ1n) is 13.3. The largest absolute Gasteiger partial charge is 0.491 e. The van der Waals surface area contributed by atoms with Crippen molar-refractivity contribution in [2.75, 3.05) is 13.2 Å². The summed E-state index contributed by atoms with van der Waals surface area (Å²) in [5.41, 5.74) is 0.531. The van der Waals surface area contributed by atoms with Crippen molar-refractivity contribution in [2.45, 2.75) is 103 Å². The van der Waals surface area contributed by atoms with E-state index in [2.05, 4.69) is 6.92 Å². The third kappa shape index (κ3) is 5.48. The van der Waals surface area contributed by atoms with Crippen LogP contribution in [0.15, 0.2) is 12.1 Å². The van der Waals surface area contributed by atoms with E-state index in [0.717, 1.165) is 44.1 Å². The third-order valence-electron chi connectivity index (χ3n) is 8.72. The van der Waals surface area contributed by atoms with E-state index >= 15 is 0 Å². The Kier molecular flexibility index (Phi) is 8.48. The first-order chi connectivity index (χ1) is 15.6. The van der Waals surface area contributed by atoms with Gasteiger partial charge in [-0.15, -0.1) is 0 Å². The molecule has 0 amide bonds. The third-order valence-corrected chi connectivity index (χ3v) is 8.72. The molecule has 3 aliphatic rings. The van der Waals surface area contributed by atoms with Gasteiger partial charge in [-0.2, -0.15) is 4.39 Å². The van der Waals surface area contributed by atoms with E-state index in [9.17, 15) is 8.78 Å². The van der Waals surface area contributed by atoms with Crippen molar-refractivity contribution < 1.29 is 18.3 Å². The highest BCUT2D eigenvalue weighted by molar-refractivity contribution is 5.33. The standard InChI is InChI=1S/C28H42F2O2/c1-3-5-19-6-8-22(9-7-19)25-16-14-23(18-32-25)20-10-12-21(13-11-20)24-15-17-26(31-4-2)28(30)27(24)29/h15,17,19-23,25H,3-14,16,18H2,1-2H3/t19?,20?,21?,22?,23-,25+/m0/s1. The number of rotatable bonds is 7. The number of benzene rings is 1. The predicted molar refractivity (Wildman–Crippen MR) is 125 cm³/mol. The summed E-state index contributed by atoms with van der Waals surface area (Å²) in [6.45, 7) is 5.32. The van der Waals surface area contributed by atoms with E-state index in [1.54, 1.807) is 19.1 Å². The predicted octanol–water partition coefficient (Wildman–Crippen LogP) is 8.04. The molecule has 1 saturated heterocycles. The fraction of sp³-hybridized carbons (Fsp3) is 0.786. The van der Waals surface area contributed by atoms with Crippen LogP contribution in [-0.2, 0) is 4.74 Å². The molecular weight excluding hydrogens is 406 g/mol. The Morgan fingerprint density at radius 1 is 0.812 bits per heavy atom. The summed E-state index contributed by atoms with van der Waals surface area (Å²) in [7, 11) is 0. The lowest BCUT2D eigenvalue weighted by molar-refractivity contribution is -0.0732. The molecule has 32 heavy (non-hydrogen) atoms. The van der Waals surface area contributed by atoms with Crippen molar-refractivity contribution in [1.29, 1.82) is 0 Å². The maximum atomic E-state index is 14.6. The van der Waals surface area contributed by atoms with Crippen LogP contribution < -0.4 is 4.74 Å². The second kappa shape index (κ2) is 11.3. The molecule has 3 fully saturated rings. The van der Waals surface area contributed by atoms with Crippen LogP contribution in [0.1, 0.15) is 102 Å². The normalized spacial score (nSPS) is 33.8. The van der Waals surface area contributed by atoms with Crippen LogP contribution >= 0.6 is 0 Å². The van der Waals surface area contributed by atoms with Gasteiger partial charge in [-0.3, -0.25) is 0 Å². The Bertz CT molecular complexity index is 712. The van der Waals surface area contributed by atoms with Gasteiger partial charge in [-0.25, -0.2) is 4.39 Å². The van der Waals surface area contributed by atoms with Crippen molar-refractivity contribution in [3.63, 3.8) is 0 Å². The molecule has 0 aromatic heterocycles. The minimum absolute atomic E-state index is 0.0233. The number of halogens is 2.